The van der Waals surface area contributed by atoms with Gasteiger partial charge < -0.3 is 16.2 Å². The summed E-state index contributed by atoms with van der Waals surface area (Å²) < 4.78 is 40.0. The normalized spacial score (nSPS) is 12.1. The van der Waals surface area contributed by atoms with Gasteiger partial charge >= 0.3 is 12.1 Å². The second-order valence-electron chi connectivity index (χ2n) is 8.14. The highest BCUT2D eigenvalue weighted by Crippen LogP contribution is 2.35. The number of para-hydroxylation sites is 1. The predicted octanol–water partition coefficient (Wildman–Crippen LogP) is 5.87. The number of carboxylic acids is 1. The fourth-order valence-corrected chi connectivity index (χ4v) is 4.29. The van der Waals surface area contributed by atoms with E-state index in [-0.39, 0.29) is 11.5 Å². The number of halogens is 3. The third-order valence-electron chi connectivity index (χ3n) is 4.75. The lowest BCUT2D eigenvalue weighted by Crippen LogP contribution is -2.18. The maximum atomic E-state index is 13.0. The van der Waals surface area contributed by atoms with Crippen LogP contribution in [0.4, 0.5) is 24.5 Å². The van der Waals surface area contributed by atoms with Crippen molar-refractivity contribution in [2.75, 3.05) is 11.1 Å². The van der Waals surface area contributed by atoms with Crippen molar-refractivity contribution in [2.24, 2.45) is 13.0 Å². The van der Waals surface area contributed by atoms with Crippen molar-refractivity contribution in [2.45, 2.75) is 39.3 Å². The minimum absolute atomic E-state index is 0.155. The number of aromatic carboxylic acids is 1. The Morgan fingerprint density at radius 3 is 2.35 bits per heavy atom. The third kappa shape index (κ3) is 7.08. The van der Waals surface area contributed by atoms with Crippen LogP contribution < -0.4 is 11.1 Å². The lowest BCUT2D eigenvalue weighted by Gasteiger charge is -2.15. The van der Waals surface area contributed by atoms with Crippen LogP contribution in [-0.4, -0.2) is 26.8 Å². The van der Waals surface area contributed by atoms with Gasteiger partial charge in [0.25, 0.3) is 5.91 Å². The summed E-state index contributed by atoms with van der Waals surface area (Å²) in [5.41, 5.74) is 4.72. The molecule has 3 aromatic rings. The number of nitrogens with zero attached hydrogens (tertiary/aromatic N) is 2. The molecule has 0 aliphatic carbocycles. The maximum Gasteiger partial charge on any atom is 0.435 e. The number of carbonyl (C=O) groups excluding carboxylic acids is 1. The first-order valence-electron chi connectivity index (χ1n) is 10.4. The standard InChI is InChI=1S/C16H20F3N3OS.C7H7NO2/c1-9(2)7-10(3)13-12(5-6-24-13)20-15(23)11-8-22(4)21-14(11)16(17,18)19;8-6-4-2-1-3-5(6)7(9)10/h5-6,8-10H,7H2,1-4H3,(H,20,23);1-4H,8H2,(H,9,10). The van der Waals surface area contributed by atoms with E-state index in [0.717, 1.165) is 22.2 Å². The molecule has 34 heavy (non-hydrogen) atoms. The molecule has 11 heteroatoms. The molecule has 1 aromatic carbocycles. The van der Waals surface area contributed by atoms with Crippen LogP contribution in [0.1, 0.15) is 64.4 Å². The van der Waals surface area contributed by atoms with E-state index in [4.69, 9.17) is 10.8 Å². The molecule has 0 saturated heterocycles. The van der Waals surface area contributed by atoms with E-state index in [1.165, 1.54) is 24.5 Å². The number of hydrogen-bond donors (Lipinski definition) is 3. The van der Waals surface area contributed by atoms with E-state index in [9.17, 15) is 22.8 Å². The Balaban J connectivity index is 0.000000340. The Labute approximate surface area is 199 Å². The molecule has 0 aliphatic rings. The molecular formula is C23H27F3N4O3S. The molecule has 0 aliphatic heterocycles. The number of carboxylic acid groups (broad SMARTS) is 1. The first kappa shape index (κ1) is 26.9. The number of thiophene rings is 1. The number of alkyl halides is 3. The maximum absolute atomic E-state index is 13.0. The zero-order valence-electron chi connectivity index (χ0n) is 19.2. The summed E-state index contributed by atoms with van der Waals surface area (Å²) in [5, 5.41) is 16.3. The first-order chi connectivity index (χ1) is 15.8. The summed E-state index contributed by atoms with van der Waals surface area (Å²) in [6.07, 6.45) is -2.65. The van der Waals surface area contributed by atoms with E-state index in [0.29, 0.717) is 17.3 Å². The van der Waals surface area contributed by atoms with Crippen LogP contribution in [-0.2, 0) is 13.2 Å². The largest absolute Gasteiger partial charge is 0.478 e. The zero-order valence-corrected chi connectivity index (χ0v) is 20.0. The summed E-state index contributed by atoms with van der Waals surface area (Å²) >= 11 is 1.49. The van der Waals surface area contributed by atoms with E-state index < -0.39 is 29.3 Å². The first-order valence-corrected chi connectivity index (χ1v) is 11.3. The summed E-state index contributed by atoms with van der Waals surface area (Å²) in [5.74, 6) is -1.08. The highest BCUT2D eigenvalue weighted by molar-refractivity contribution is 7.10. The minimum Gasteiger partial charge on any atom is -0.478 e. The molecule has 0 radical (unpaired) electrons. The molecule has 0 saturated carbocycles. The number of benzene rings is 1. The molecule has 2 aromatic heterocycles. The van der Waals surface area contributed by atoms with Crippen LogP contribution >= 0.6 is 11.3 Å². The monoisotopic (exact) mass is 496 g/mol. The number of rotatable bonds is 6. The number of anilines is 2. The summed E-state index contributed by atoms with van der Waals surface area (Å²) in [7, 11) is 1.35. The Morgan fingerprint density at radius 1 is 1.18 bits per heavy atom. The molecular weight excluding hydrogens is 469 g/mol. The molecule has 0 bridgehead atoms. The molecule has 1 atom stereocenters. The molecule has 3 rings (SSSR count). The van der Waals surface area contributed by atoms with Gasteiger partial charge in [0.15, 0.2) is 5.69 Å². The number of carbonyl (C=O) groups is 2. The molecule has 0 spiro atoms. The highest BCUT2D eigenvalue weighted by Gasteiger charge is 2.39. The van der Waals surface area contributed by atoms with E-state index >= 15 is 0 Å². The second-order valence-corrected chi connectivity index (χ2v) is 9.09. The van der Waals surface area contributed by atoms with E-state index in [1.54, 1.807) is 24.3 Å². The SMILES string of the molecule is CC(C)CC(C)c1sccc1NC(=O)c1cn(C)nc1C(F)(F)F.Nc1ccccc1C(=O)O. The average Bonchev–Trinajstić information content (AvgIpc) is 3.34. The van der Waals surface area contributed by atoms with Gasteiger partial charge in [0.1, 0.15) is 0 Å². The van der Waals surface area contributed by atoms with Crippen LogP contribution in [0, 0.1) is 5.92 Å². The number of aryl methyl sites for hydroxylation is 1. The lowest BCUT2D eigenvalue weighted by molar-refractivity contribution is -0.141. The molecule has 1 amide bonds. The fraction of sp³-hybridized carbons (Fsp3) is 0.348. The molecule has 0 fully saturated rings. The van der Waals surface area contributed by atoms with Crippen LogP contribution in [0.25, 0.3) is 0 Å². The van der Waals surface area contributed by atoms with Gasteiger partial charge in [-0.15, -0.1) is 11.3 Å². The van der Waals surface area contributed by atoms with E-state index in [1.807, 2.05) is 12.3 Å². The highest BCUT2D eigenvalue weighted by atomic mass is 32.1. The van der Waals surface area contributed by atoms with Crippen molar-refractivity contribution in [3.05, 3.63) is 63.6 Å². The van der Waals surface area contributed by atoms with Crippen LogP contribution in [0.2, 0.25) is 0 Å². The Morgan fingerprint density at radius 2 is 1.82 bits per heavy atom. The van der Waals surface area contributed by atoms with Gasteiger partial charge in [0, 0.05) is 23.8 Å². The van der Waals surface area contributed by atoms with Crippen molar-refractivity contribution in [1.82, 2.24) is 9.78 Å². The van der Waals surface area contributed by atoms with Crippen LogP contribution in [0.5, 0.6) is 0 Å². The van der Waals surface area contributed by atoms with Gasteiger partial charge in [-0.25, -0.2) is 4.79 Å². The second kappa shape index (κ2) is 11.2. The molecule has 7 nitrogen and oxygen atoms in total. The summed E-state index contributed by atoms with van der Waals surface area (Å²) in [4.78, 5) is 23.6. The molecule has 184 valence electrons. The quantitative estimate of drug-likeness (QED) is 0.370. The number of nitrogens with two attached hydrogens (primary N) is 1. The average molecular weight is 497 g/mol. The van der Waals surface area contributed by atoms with Crippen LogP contribution in [0.15, 0.2) is 41.9 Å². The number of hydrogen-bond acceptors (Lipinski definition) is 5. The number of amides is 1. The van der Waals surface area contributed by atoms with Gasteiger partial charge in [-0.1, -0.05) is 32.9 Å². The predicted molar refractivity (Wildman–Crippen MR) is 126 cm³/mol. The molecule has 4 N–H and O–H groups in total. The van der Waals surface area contributed by atoms with Gasteiger partial charge in [0.05, 0.1) is 16.8 Å². The summed E-state index contributed by atoms with van der Waals surface area (Å²) in [6.45, 7) is 6.26. The Bertz CT molecular complexity index is 1140. The zero-order chi connectivity index (χ0) is 25.6. The lowest BCUT2D eigenvalue weighted by atomic mass is 9.97. The van der Waals surface area contributed by atoms with Gasteiger partial charge in [-0.3, -0.25) is 9.48 Å². The summed E-state index contributed by atoms with van der Waals surface area (Å²) in [6, 6.07) is 8.08. The minimum atomic E-state index is -4.67. The van der Waals surface area contributed by atoms with Crippen molar-refractivity contribution >= 4 is 34.6 Å². The van der Waals surface area contributed by atoms with Gasteiger partial charge in [0.2, 0.25) is 0 Å². The van der Waals surface area contributed by atoms with Crippen molar-refractivity contribution in [3.8, 4) is 0 Å². The van der Waals surface area contributed by atoms with Gasteiger partial charge in [-0.05, 0) is 41.8 Å². The number of nitrogen functional groups attached to an aromatic ring is 1. The van der Waals surface area contributed by atoms with Crippen molar-refractivity contribution in [3.63, 3.8) is 0 Å². The Hall–Kier alpha value is -3.34. The van der Waals surface area contributed by atoms with Crippen molar-refractivity contribution in [1.29, 1.82) is 0 Å². The fourth-order valence-electron chi connectivity index (χ4n) is 3.37. The van der Waals surface area contributed by atoms with Crippen LogP contribution in [0.3, 0.4) is 0 Å². The topological polar surface area (TPSA) is 110 Å². The Kier molecular flexibility index (Phi) is 8.86. The molecule has 2 heterocycles. The van der Waals surface area contributed by atoms with Crippen molar-refractivity contribution < 1.29 is 27.9 Å². The smallest absolute Gasteiger partial charge is 0.435 e. The number of nitrogens with one attached hydrogen (secondary N) is 1. The van der Waals surface area contributed by atoms with Gasteiger partial charge in [-0.2, -0.15) is 18.3 Å². The third-order valence-corrected chi connectivity index (χ3v) is 5.90. The molecule has 1 unspecified atom stereocenters. The van der Waals surface area contributed by atoms with E-state index in [2.05, 4.69) is 24.3 Å². The number of aromatic nitrogens is 2.